The molecule has 1 radical (unpaired) electrons. The third-order valence-electron chi connectivity index (χ3n) is 12.6. The number of rotatable bonds is 18. The molecular weight excluding hydrogens is 1120 g/mol. The van der Waals surface area contributed by atoms with E-state index in [0.29, 0.717) is 39.3 Å². The summed E-state index contributed by atoms with van der Waals surface area (Å²) in [6.45, 7) is 3.03. The molecule has 6 N–H and O–H groups in total. The first-order valence-electron chi connectivity index (χ1n) is 24.5. The number of aromatic nitrogens is 18. The Morgan fingerprint density at radius 1 is 0.259 bits per heavy atom. The van der Waals surface area contributed by atoms with E-state index in [1.54, 1.807) is 65.3 Å². The predicted octanol–water partition coefficient (Wildman–Crippen LogP) is -1.86. The largest absolute Gasteiger partial charge is 2.00 e. The van der Waals surface area contributed by atoms with Crippen LogP contribution in [-0.2, 0) is 67.5 Å². The molecule has 0 atom stereocenters. The molecule has 81 heavy (non-hydrogen) atoms. The van der Waals surface area contributed by atoms with Crippen LogP contribution in [0.3, 0.4) is 0 Å². The van der Waals surface area contributed by atoms with Crippen molar-refractivity contribution in [3.8, 4) is 0 Å². The van der Waals surface area contributed by atoms with E-state index in [9.17, 15) is 10.2 Å². The van der Waals surface area contributed by atoms with Gasteiger partial charge in [0.2, 0.25) is 11.2 Å². The van der Waals surface area contributed by atoms with Crippen LogP contribution >= 0.6 is 0 Å². The molecule has 0 saturated carbocycles. The first kappa shape index (κ1) is 61.3. The minimum absolute atomic E-state index is 0. The normalized spacial score (nSPS) is 10.9. The molecule has 0 aliphatic carbocycles. The van der Waals surface area contributed by atoms with Crippen molar-refractivity contribution < 1.29 is 63.0 Å². The number of halogens is 2. The molecule has 0 aliphatic heterocycles. The van der Waals surface area contributed by atoms with E-state index < -0.39 is 11.2 Å². The van der Waals surface area contributed by atoms with Gasteiger partial charge in [-0.3, -0.25) is 0 Å². The fourth-order valence-electron chi connectivity index (χ4n) is 8.66. The van der Waals surface area contributed by atoms with Crippen molar-refractivity contribution in [2.24, 2.45) is 0 Å². The number of hydrogen-bond acceptors (Lipinski definition) is 14. The summed E-state index contributed by atoms with van der Waals surface area (Å²) in [5.74, 6) is 0. The van der Waals surface area contributed by atoms with Crippen LogP contribution < -0.4 is 24.8 Å². The molecule has 0 aliphatic rings. The molecule has 0 spiro atoms. The predicted molar refractivity (Wildman–Crippen MR) is 285 cm³/mol. The van der Waals surface area contributed by atoms with Crippen molar-refractivity contribution in [3.05, 3.63) is 287 Å². The second-order valence-electron chi connectivity index (χ2n) is 18.1. The number of nitrogens with zero attached hydrogens (tertiary/aromatic N) is 18. The molecule has 0 amide bonds. The molecule has 12 rings (SSSR count). The number of hydrogen-bond donors (Lipinski definition) is 2. The van der Waals surface area contributed by atoms with Gasteiger partial charge in [0.15, 0.2) is 0 Å². The summed E-state index contributed by atoms with van der Waals surface area (Å²) in [5, 5.41) is 76.1. The zero-order valence-corrected chi connectivity index (χ0v) is 45.5. The summed E-state index contributed by atoms with van der Waals surface area (Å²) in [6.07, 6.45) is 10.2. The third-order valence-corrected chi connectivity index (χ3v) is 12.6. The van der Waals surface area contributed by atoms with Crippen molar-refractivity contribution in [2.75, 3.05) is 0 Å². The summed E-state index contributed by atoms with van der Waals surface area (Å²) in [6, 6.07) is 59.6. The summed E-state index contributed by atoms with van der Waals surface area (Å²) < 4.78 is 10.1. The fraction of sp³-hybridized carbons (Fsp3) is 0.143. The minimum Gasteiger partial charge on any atom is -1.00 e. The SMILES string of the molecule is O.O.OC(c1cn(Cc2ccccc2)nn1)(c1cn(Cc2ccccc2)nn1)c1cn(Cc2ccccc2)nn1.OC(c1cn(Cc2ccccc2)nn1)(c1cn(Cc2ccccc2)nn1)c1cn(Cc2ccccc2)nn1.[Cl-].[Cl-].[Cu+2]. The first-order valence-corrected chi connectivity index (χ1v) is 24.5. The standard InChI is InChI=1S/2C28H25N9O.2ClH.Cu.2H2O/c2*38-28(25-19-35(32-29-25)16-22-10-4-1-5-11-22,26-20-36(33-30-26)17-23-12-6-2-7-13-23)27-21-37(34-31-27)18-24-14-8-3-9-15-24;;;;;/h2*1-15,19-21,38H,16-18H2;2*1H;;2*1H2/q;;;;+2;;/p-2. The molecule has 0 saturated heterocycles. The number of aliphatic hydroxyl groups is 2. The van der Waals surface area contributed by atoms with Crippen LogP contribution in [0, 0.1) is 0 Å². The van der Waals surface area contributed by atoms with E-state index in [1.165, 1.54) is 0 Å². The van der Waals surface area contributed by atoms with Gasteiger partial charge in [0.25, 0.3) is 0 Å². The molecule has 22 nitrogen and oxygen atoms in total. The quantitative estimate of drug-likeness (QED) is 0.0892. The topological polar surface area (TPSA) is 288 Å². The molecule has 0 fully saturated rings. The van der Waals surface area contributed by atoms with Gasteiger partial charge in [0, 0.05) is 0 Å². The van der Waals surface area contributed by atoms with Crippen LogP contribution in [0.1, 0.15) is 67.5 Å². The van der Waals surface area contributed by atoms with Gasteiger partial charge in [-0.25, -0.2) is 28.1 Å². The summed E-state index contributed by atoms with van der Waals surface area (Å²) in [7, 11) is 0. The van der Waals surface area contributed by atoms with E-state index in [-0.39, 0.29) is 87.0 Å². The monoisotopic (exact) mass is 1180 g/mol. The molecule has 12 aromatic rings. The van der Waals surface area contributed by atoms with Crippen molar-refractivity contribution in [2.45, 2.75) is 50.5 Å². The molecule has 6 aromatic heterocycles. The van der Waals surface area contributed by atoms with Crippen LogP contribution in [-0.4, -0.2) is 111 Å². The number of benzene rings is 6. The Morgan fingerprint density at radius 2 is 0.395 bits per heavy atom. The van der Waals surface area contributed by atoms with Crippen molar-refractivity contribution in [1.82, 2.24) is 90.0 Å². The van der Waals surface area contributed by atoms with Crippen molar-refractivity contribution in [1.29, 1.82) is 0 Å². The summed E-state index contributed by atoms with van der Waals surface area (Å²) >= 11 is 0. The molecular formula is C56H54Cl2CuN18O4. The van der Waals surface area contributed by atoms with E-state index in [1.807, 2.05) is 182 Å². The Bertz CT molecular complexity index is 3110. The average Bonchev–Trinajstić information content (AvgIpc) is 4.54. The molecule has 25 heteroatoms. The van der Waals surface area contributed by atoms with E-state index >= 15 is 0 Å². The molecule has 6 heterocycles. The van der Waals surface area contributed by atoms with Gasteiger partial charge >= 0.3 is 17.1 Å². The van der Waals surface area contributed by atoms with Crippen molar-refractivity contribution >= 4 is 0 Å². The van der Waals surface area contributed by atoms with E-state index in [0.717, 1.165) is 33.4 Å². The van der Waals surface area contributed by atoms with Gasteiger partial charge in [0.05, 0.1) is 76.4 Å². The fourth-order valence-corrected chi connectivity index (χ4v) is 8.66. The Kier molecular flexibility index (Phi) is 21.4. The zero-order chi connectivity index (χ0) is 51.6. The van der Waals surface area contributed by atoms with Gasteiger partial charge in [-0.1, -0.05) is 213 Å². The van der Waals surface area contributed by atoms with Crippen LogP contribution in [0.5, 0.6) is 0 Å². The van der Waals surface area contributed by atoms with Crippen LogP contribution in [0.25, 0.3) is 0 Å². The Balaban J connectivity index is 0.000000246. The molecule has 417 valence electrons. The maximum absolute atomic E-state index is 12.2. The van der Waals surface area contributed by atoms with Gasteiger partial charge in [0.1, 0.15) is 34.2 Å². The average molecular weight is 1180 g/mol. The van der Waals surface area contributed by atoms with E-state index in [2.05, 4.69) is 61.9 Å². The van der Waals surface area contributed by atoms with Crippen LogP contribution in [0.2, 0.25) is 0 Å². The Morgan fingerprint density at radius 3 is 0.531 bits per heavy atom. The van der Waals surface area contributed by atoms with Crippen molar-refractivity contribution in [3.63, 3.8) is 0 Å². The second-order valence-corrected chi connectivity index (χ2v) is 18.1. The molecule has 0 unspecified atom stereocenters. The maximum Gasteiger partial charge on any atom is 2.00 e. The molecule has 6 aromatic carbocycles. The maximum atomic E-state index is 12.2. The zero-order valence-electron chi connectivity index (χ0n) is 43.0. The third kappa shape index (κ3) is 14.5. The Labute approximate surface area is 487 Å². The van der Waals surface area contributed by atoms with Crippen LogP contribution in [0.15, 0.2) is 219 Å². The smallest absolute Gasteiger partial charge is 1.00 e. The Hall–Kier alpha value is -8.90. The van der Waals surface area contributed by atoms with Crippen LogP contribution in [0.4, 0.5) is 0 Å². The summed E-state index contributed by atoms with van der Waals surface area (Å²) in [4.78, 5) is 0. The second kappa shape index (κ2) is 28.3. The molecule has 0 bridgehead atoms. The van der Waals surface area contributed by atoms with Gasteiger partial charge in [-0.15, -0.1) is 30.6 Å². The summed E-state index contributed by atoms with van der Waals surface area (Å²) in [5.41, 5.74) is 4.48. The van der Waals surface area contributed by atoms with E-state index in [4.69, 9.17) is 0 Å². The van der Waals surface area contributed by atoms with Gasteiger partial charge in [-0.05, 0) is 33.4 Å². The van der Waals surface area contributed by atoms with Gasteiger partial charge in [-0.2, -0.15) is 0 Å². The first-order chi connectivity index (χ1) is 37.3. The minimum atomic E-state index is -1.81. The van der Waals surface area contributed by atoms with Gasteiger partial charge < -0.3 is 46.0 Å².